The first-order valence-electron chi connectivity index (χ1n) is 10.5. The number of amides is 1. The summed E-state index contributed by atoms with van der Waals surface area (Å²) in [5.74, 6) is 0.740. The third-order valence-electron chi connectivity index (χ3n) is 5.61. The van der Waals surface area contributed by atoms with E-state index in [4.69, 9.17) is 0 Å². The minimum atomic E-state index is -0.0692. The van der Waals surface area contributed by atoms with Crippen LogP contribution in [0.5, 0.6) is 0 Å². The molecule has 0 saturated heterocycles. The van der Waals surface area contributed by atoms with E-state index in [1.165, 1.54) is 0 Å². The summed E-state index contributed by atoms with van der Waals surface area (Å²) in [5.41, 5.74) is 7.43. The molecule has 158 valence electrons. The number of hydrogen-bond donors (Lipinski definition) is 2. The number of nitrogens with one attached hydrogen (secondary N) is 2. The predicted octanol–water partition coefficient (Wildman–Crippen LogP) is 5.21. The molecule has 2 aromatic heterocycles. The van der Waals surface area contributed by atoms with Crippen molar-refractivity contribution in [1.82, 2.24) is 19.7 Å². The fourth-order valence-corrected chi connectivity index (χ4v) is 3.92. The summed E-state index contributed by atoms with van der Waals surface area (Å²) in [6.45, 7) is 3.94. The largest absolute Gasteiger partial charge is 0.338 e. The molecule has 5 rings (SSSR count). The maximum absolute atomic E-state index is 12.7. The molecule has 2 N–H and O–H groups in total. The zero-order valence-electron chi connectivity index (χ0n) is 18.0. The van der Waals surface area contributed by atoms with Crippen LogP contribution in [0.15, 0.2) is 78.9 Å². The Hall–Kier alpha value is -4.19. The maximum Gasteiger partial charge on any atom is 0.228 e. The van der Waals surface area contributed by atoms with E-state index in [0.29, 0.717) is 0 Å². The molecule has 0 radical (unpaired) electrons. The van der Waals surface area contributed by atoms with Gasteiger partial charge >= 0.3 is 0 Å². The average molecular weight is 422 g/mol. The Kier molecular flexibility index (Phi) is 5.03. The van der Waals surface area contributed by atoms with Crippen LogP contribution in [0.25, 0.3) is 28.1 Å². The van der Waals surface area contributed by atoms with Crippen molar-refractivity contribution in [1.29, 1.82) is 0 Å². The van der Waals surface area contributed by atoms with Crippen LogP contribution < -0.4 is 5.32 Å². The molecule has 0 aliphatic carbocycles. The Morgan fingerprint density at radius 3 is 2.41 bits per heavy atom. The van der Waals surface area contributed by atoms with Gasteiger partial charge in [-0.2, -0.15) is 5.10 Å². The number of carbonyl (C=O) groups excluding carboxylic acids is 1. The standard InChI is InChI=1S/C26H23N5O/c1-17-22(18(2)31(30-17)21-8-4-3-5-9-21)16-25(32)27-20-14-12-19(13-15-20)26-28-23-10-6-7-11-24(23)29-26/h3-15H,16H2,1-2H3,(H,27,32)(H,28,29). The summed E-state index contributed by atoms with van der Waals surface area (Å²) >= 11 is 0. The monoisotopic (exact) mass is 421 g/mol. The molecule has 5 aromatic rings. The van der Waals surface area contributed by atoms with Crippen molar-refractivity contribution in [2.24, 2.45) is 0 Å². The third-order valence-corrected chi connectivity index (χ3v) is 5.61. The van der Waals surface area contributed by atoms with Gasteiger partial charge in [-0.1, -0.05) is 30.3 Å². The fraction of sp³-hybridized carbons (Fsp3) is 0.115. The van der Waals surface area contributed by atoms with Gasteiger partial charge in [-0.15, -0.1) is 0 Å². The molecule has 0 fully saturated rings. The van der Waals surface area contributed by atoms with Crippen LogP contribution in [-0.2, 0) is 11.2 Å². The van der Waals surface area contributed by atoms with Gasteiger partial charge in [-0.25, -0.2) is 9.67 Å². The van der Waals surface area contributed by atoms with Gasteiger partial charge in [-0.05, 0) is 62.4 Å². The van der Waals surface area contributed by atoms with E-state index in [1.54, 1.807) is 0 Å². The molecule has 0 saturated carbocycles. The lowest BCUT2D eigenvalue weighted by molar-refractivity contribution is -0.115. The normalized spacial score (nSPS) is 11.1. The second-order valence-electron chi connectivity index (χ2n) is 7.80. The van der Waals surface area contributed by atoms with E-state index in [0.717, 1.165) is 50.7 Å². The first-order chi connectivity index (χ1) is 15.6. The number of aryl methyl sites for hydroxylation is 1. The van der Waals surface area contributed by atoms with Crippen molar-refractivity contribution in [3.8, 4) is 17.1 Å². The quantitative estimate of drug-likeness (QED) is 0.409. The van der Waals surface area contributed by atoms with Crippen molar-refractivity contribution in [2.75, 3.05) is 5.32 Å². The summed E-state index contributed by atoms with van der Waals surface area (Å²) in [6, 6.07) is 25.6. The van der Waals surface area contributed by atoms with Gasteiger partial charge in [0.05, 0.1) is 28.8 Å². The Balaban J connectivity index is 1.30. The van der Waals surface area contributed by atoms with Crippen molar-refractivity contribution in [2.45, 2.75) is 20.3 Å². The minimum absolute atomic E-state index is 0.0692. The highest BCUT2D eigenvalue weighted by Crippen LogP contribution is 2.23. The molecule has 0 aliphatic rings. The first-order valence-corrected chi connectivity index (χ1v) is 10.5. The molecular weight excluding hydrogens is 398 g/mol. The van der Waals surface area contributed by atoms with E-state index < -0.39 is 0 Å². The number of benzene rings is 3. The topological polar surface area (TPSA) is 75.6 Å². The maximum atomic E-state index is 12.7. The van der Waals surface area contributed by atoms with Crippen LogP contribution in [0.1, 0.15) is 17.0 Å². The number of fused-ring (bicyclic) bond motifs is 1. The van der Waals surface area contributed by atoms with Crippen LogP contribution in [0.3, 0.4) is 0 Å². The van der Waals surface area contributed by atoms with Crippen molar-refractivity contribution < 1.29 is 4.79 Å². The SMILES string of the molecule is Cc1nn(-c2ccccc2)c(C)c1CC(=O)Nc1ccc(-c2nc3ccccc3[nH]2)cc1. The smallest absolute Gasteiger partial charge is 0.228 e. The predicted molar refractivity (Wildman–Crippen MR) is 127 cm³/mol. The van der Waals surface area contributed by atoms with Crippen LogP contribution in [0.2, 0.25) is 0 Å². The summed E-state index contributed by atoms with van der Waals surface area (Å²) in [5, 5.41) is 7.62. The van der Waals surface area contributed by atoms with Gasteiger partial charge < -0.3 is 10.3 Å². The van der Waals surface area contributed by atoms with Crippen molar-refractivity contribution >= 4 is 22.6 Å². The lowest BCUT2D eigenvalue weighted by Gasteiger charge is -2.07. The number of para-hydroxylation sites is 3. The second kappa shape index (κ2) is 8.15. The Morgan fingerprint density at radius 2 is 1.66 bits per heavy atom. The van der Waals surface area contributed by atoms with E-state index in [2.05, 4.69) is 20.4 Å². The zero-order valence-corrected chi connectivity index (χ0v) is 18.0. The second-order valence-corrected chi connectivity index (χ2v) is 7.80. The lowest BCUT2D eigenvalue weighted by Crippen LogP contribution is -2.15. The number of carbonyl (C=O) groups is 1. The number of nitrogens with zero attached hydrogens (tertiary/aromatic N) is 3. The lowest BCUT2D eigenvalue weighted by atomic mass is 10.1. The molecule has 0 spiro atoms. The number of aromatic amines is 1. The molecule has 0 unspecified atom stereocenters. The first kappa shape index (κ1) is 19.8. The molecule has 32 heavy (non-hydrogen) atoms. The molecule has 0 bridgehead atoms. The van der Waals surface area contributed by atoms with Crippen LogP contribution in [0.4, 0.5) is 5.69 Å². The van der Waals surface area contributed by atoms with E-state index >= 15 is 0 Å². The molecule has 2 heterocycles. The number of aromatic nitrogens is 4. The van der Waals surface area contributed by atoms with Crippen LogP contribution in [0, 0.1) is 13.8 Å². The summed E-state index contributed by atoms with van der Waals surface area (Å²) in [6.07, 6.45) is 0.274. The Bertz CT molecular complexity index is 1360. The Morgan fingerprint density at radius 1 is 0.938 bits per heavy atom. The molecule has 0 atom stereocenters. The van der Waals surface area contributed by atoms with Crippen molar-refractivity contribution in [3.05, 3.63) is 95.8 Å². The molecule has 0 aliphatic heterocycles. The van der Waals surface area contributed by atoms with Gasteiger partial charge in [0.15, 0.2) is 0 Å². The van der Waals surface area contributed by atoms with Crippen LogP contribution >= 0.6 is 0 Å². The van der Waals surface area contributed by atoms with Gasteiger partial charge in [0.1, 0.15) is 5.82 Å². The zero-order chi connectivity index (χ0) is 22.1. The van der Waals surface area contributed by atoms with E-state index in [-0.39, 0.29) is 12.3 Å². The molecule has 6 nitrogen and oxygen atoms in total. The van der Waals surface area contributed by atoms with Crippen LogP contribution in [-0.4, -0.2) is 25.7 Å². The fourth-order valence-electron chi connectivity index (χ4n) is 3.92. The molecule has 3 aromatic carbocycles. The third kappa shape index (κ3) is 3.78. The highest BCUT2D eigenvalue weighted by molar-refractivity contribution is 5.92. The van der Waals surface area contributed by atoms with Gasteiger partial charge in [0, 0.05) is 22.5 Å². The van der Waals surface area contributed by atoms with Crippen molar-refractivity contribution in [3.63, 3.8) is 0 Å². The average Bonchev–Trinajstić information content (AvgIpc) is 3.37. The summed E-state index contributed by atoms with van der Waals surface area (Å²) in [7, 11) is 0. The number of anilines is 1. The number of H-pyrrole nitrogens is 1. The van der Waals surface area contributed by atoms with Gasteiger partial charge in [0.2, 0.25) is 5.91 Å². The van der Waals surface area contributed by atoms with Gasteiger partial charge in [-0.3, -0.25) is 4.79 Å². The van der Waals surface area contributed by atoms with E-state index in [9.17, 15) is 4.79 Å². The minimum Gasteiger partial charge on any atom is -0.338 e. The summed E-state index contributed by atoms with van der Waals surface area (Å²) in [4.78, 5) is 20.7. The van der Waals surface area contributed by atoms with Gasteiger partial charge in [0.25, 0.3) is 0 Å². The number of imidazole rings is 1. The van der Waals surface area contributed by atoms with E-state index in [1.807, 2.05) is 97.4 Å². The number of hydrogen-bond acceptors (Lipinski definition) is 3. The highest BCUT2D eigenvalue weighted by atomic mass is 16.1. The molecule has 1 amide bonds. The Labute approximate surface area is 185 Å². The number of rotatable bonds is 5. The highest BCUT2D eigenvalue weighted by Gasteiger charge is 2.16. The summed E-state index contributed by atoms with van der Waals surface area (Å²) < 4.78 is 1.89. The molecule has 6 heteroatoms. The molecular formula is C26H23N5O.